The molecule has 0 bridgehead atoms. The number of hydrogen-bond donors (Lipinski definition) is 0. The van der Waals surface area contributed by atoms with E-state index in [9.17, 15) is 0 Å². The summed E-state index contributed by atoms with van der Waals surface area (Å²) in [6.07, 6.45) is 8.17. The van der Waals surface area contributed by atoms with Gasteiger partial charge in [-0.05, 0) is 31.6 Å². The average Bonchev–Trinajstić information content (AvgIpc) is 2.45. The van der Waals surface area contributed by atoms with Crippen molar-refractivity contribution in [3.05, 3.63) is 12.2 Å². The van der Waals surface area contributed by atoms with Crippen LogP contribution in [0.1, 0.15) is 44.9 Å². The lowest BCUT2D eigenvalue weighted by molar-refractivity contribution is 0.481. The molecule has 1 rings (SSSR count). The van der Waals surface area contributed by atoms with Crippen molar-refractivity contribution in [3.63, 3.8) is 0 Å². The number of allylic oxidation sites excluding steroid dienone is 1. The molecule has 1 fully saturated rings. The Bertz CT molecular complexity index is 188. The molecule has 1 heteroatoms. The van der Waals surface area contributed by atoms with Gasteiger partial charge in [-0.3, -0.25) is 0 Å². The molecule has 66 valence electrons. The summed E-state index contributed by atoms with van der Waals surface area (Å²) >= 11 is 0. The van der Waals surface area contributed by atoms with Gasteiger partial charge in [0, 0.05) is 6.42 Å². The van der Waals surface area contributed by atoms with Crippen LogP contribution in [0, 0.1) is 17.2 Å². The lowest BCUT2D eigenvalue weighted by Gasteiger charge is -2.05. The SMILES string of the molecule is C=C1CCC(CCCCC#N)C1. The van der Waals surface area contributed by atoms with Gasteiger partial charge in [-0.1, -0.05) is 25.0 Å². The highest BCUT2D eigenvalue weighted by Gasteiger charge is 2.16. The monoisotopic (exact) mass is 163 g/mol. The first-order valence-corrected chi connectivity index (χ1v) is 4.86. The molecule has 0 aromatic carbocycles. The summed E-state index contributed by atoms with van der Waals surface area (Å²) in [4.78, 5) is 0. The smallest absolute Gasteiger partial charge is 0.0621 e. The zero-order valence-electron chi connectivity index (χ0n) is 7.68. The highest BCUT2D eigenvalue weighted by molar-refractivity contribution is 5.01. The van der Waals surface area contributed by atoms with E-state index in [2.05, 4.69) is 12.6 Å². The third-order valence-corrected chi connectivity index (χ3v) is 2.63. The minimum Gasteiger partial charge on any atom is -0.198 e. The minimum absolute atomic E-state index is 0.730. The Labute approximate surface area is 75.1 Å². The Hall–Kier alpha value is -0.770. The van der Waals surface area contributed by atoms with Crippen LogP contribution in [0.15, 0.2) is 12.2 Å². The lowest BCUT2D eigenvalue weighted by Crippen LogP contribution is -1.92. The van der Waals surface area contributed by atoms with Gasteiger partial charge in [0.15, 0.2) is 0 Å². The van der Waals surface area contributed by atoms with Crippen LogP contribution in [-0.4, -0.2) is 0 Å². The fourth-order valence-electron chi connectivity index (χ4n) is 1.90. The molecule has 12 heavy (non-hydrogen) atoms. The molecule has 1 aliphatic carbocycles. The third-order valence-electron chi connectivity index (χ3n) is 2.63. The predicted octanol–water partition coefficient (Wildman–Crippen LogP) is 3.43. The van der Waals surface area contributed by atoms with Crippen molar-refractivity contribution in [1.82, 2.24) is 0 Å². The fraction of sp³-hybridized carbons (Fsp3) is 0.727. The summed E-state index contributed by atoms with van der Waals surface area (Å²) in [5, 5.41) is 8.34. The maximum atomic E-state index is 8.34. The molecule has 0 heterocycles. The van der Waals surface area contributed by atoms with E-state index in [0.717, 1.165) is 18.8 Å². The van der Waals surface area contributed by atoms with E-state index in [1.807, 2.05) is 0 Å². The van der Waals surface area contributed by atoms with Crippen molar-refractivity contribution >= 4 is 0 Å². The van der Waals surface area contributed by atoms with Crippen LogP contribution in [0.3, 0.4) is 0 Å². The quantitative estimate of drug-likeness (QED) is 0.460. The molecular weight excluding hydrogens is 146 g/mol. The van der Waals surface area contributed by atoms with Crippen LogP contribution < -0.4 is 0 Å². The van der Waals surface area contributed by atoms with Gasteiger partial charge >= 0.3 is 0 Å². The Morgan fingerprint density at radius 3 is 2.92 bits per heavy atom. The van der Waals surface area contributed by atoms with Crippen LogP contribution in [0.4, 0.5) is 0 Å². The first kappa shape index (κ1) is 9.32. The van der Waals surface area contributed by atoms with Gasteiger partial charge in [-0.2, -0.15) is 5.26 Å². The molecule has 0 radical (unpaired) electrons. The van der Waals surface area contributed by atoms with Crippen molar-refractivity contribution in [3.8, 4) is 6.07 Å². The van der Waals surface area contributed by atoms with Gasteiger partial charge in [0.25, 0.3) is 0 Å². The summed E-state index contributed by atoms with van der Waals surface area (Å²) in [7, 11) is 0. The van der Waals surface area contributed by atoms with Gasteiger partial charge in [0.2, 0.25) is 0 Å². The van der Waals surface area contributed by atoms with Gasteiger partial charge in [-0.25, -0.2) is 0 Å². The van der Waals surface area contributed by atoms with E-state index in [-0.39, 0.29) is 0 Å². The largest absolute Gasteiger partial charge is 0.198 e. The van der Waals surface area contributed by atoms with Crippen molar-refractivity contribution in [1.29, 1.82) is 5.26 Å². The second-order valence-corrected chi connectivity index (χ2v) is 3.76. The molecular formula is C11H17N. The number of rotatable bonds is 4. The lowest BCUT2D eigenvalue weighted by atomic mass is 10.00. The van der Waals surface area contributed by atoms with Crippen LogP contribution >= 0.6 is 0 Å². The highest BCUT2D eigenvalue weighted by atomic mass is 14.2. The Balaban J connectivity index is 2.01. The molecule has 1 aliphatic rings. The fourth-order valence-corrected chi connectivity index (χ4v) is 1.90. The standard InChI is InChI=1S/C11H17N/c1-10-6-7-11(9-10)5-3-2-4-8-12/h11H,1-7,9H2. The summed E-state index contributed by atoms with van der Waals surface area (Å²) in [6.45, 7) is 4.00. The molecule has 0 spiro atoms. The summed E-state index contributed by atoms with van der Waals surface area (Å²) in [5.41, 5.74) is 1.43. The minimum atomic E-state index is 0.730. The maximum absolute atomic E-state index is 8.34. The zero-order valence-corrected chi connectivity index (χ0v) is 7.68. The molecule has 0 N–H and O–H groups in total. The Kier molecular flexibility index (Phi) is 3.87. The Morgan fingerprint density at radius 2 is 2.33 bits per heavy atom. The molecule has 0 aromatic heterocycles. The molecule has 0 aliphatic heterocycles. The third kappa shape index (κ3) is 3.09. The van der Waals surface area contributed by atoms with Crippen molar-refractivity contribution in [2.45, 2.75) is 44.9 Å². The van der Waals surface area contributed by atoms with E-state index in [4.69, 9.17) is 5.26 Å². The molecule has 0 amide bonds. The van der Waals surface area contributed by atoms with Gasteiger partial charge < -0.3 is 0 Å². The topological polar surface area (TPSA) is 23.8 Å². The van der Waals surface area contributed by atoms with E-state index in [1.54, 1.807) is 0 Å². The summed E-state index contributed by atoms with van der Waals surface area (Å²) < 4.78 is 0. The number of nitrogens with zero attached hydrogens (tertiary/aromatic N) is 1. The van der Waals surface area contributed by atoms with Crippen LogP contribution in [0.2, 0.25) is 0 Å². The van der Waals surface area contributed by atoms with Crippen molar-refractivity contribution < 1.29 is 0 Å². The van der Waals surface area contributed by atoms with Crippen LogP contribution in [-0.2, 0) is 0 Å². The highest BCUT2D eigenvalue weighted by Crippen LogP contribution is 2.32. The normalized spacial score (nSPS) is 22.6. The maximum Gasteiger partial charge on any atom is 0.0621 e. The van der Waals surface area contributed by atoms with Gasteiger partial charge in [0.1, 0.15) is 0 Å². The first-order valence-electron chi connectivity index (χ1n) is 4.86. The first-order chi connectivity index (χ1) is 5.83. The number of hydrogen-bond acceptors (Lipinski definition) is 1. The predicted molar refractivity (Wildman–Crippen MR) is 50.6 cm³/mol. The van der Waals surface area contributed by atoms with E-state index in [1.165, 1.54) is 37.7 Å². The van der Waals surface area contributed by atoms with Crippen molar-refractivity contribution in [2.75, 3.05) is 0 Å². The molecule has 1 unspecified atom stereocenters. The summed E-state index contributed by atoms with van der Waals surface area (Å²) in [6, 6.07) is 2.18. The van der Waals surface area contributed by atoms with Gasteiger partial charge in [0.05, 0.1) is 6.07 Å². The van der Waals surface area contributed by atoms with Crippen LogP contribution in [0.25, 0.3) is 0 Å². The number of nitriles is 1. The average molecular weight is 163 g/mol. The second-order valence-electron chi connectivity index (χ2n) is 3.76. The molecule has 0 saturated heterocycles. The van der Waals surface area contributed by atoms with E-state index >= 15 is 0 Å². The zero-order chi connectivity index (χ0) is 8.81. The van der Waals surface area contributed by atoms with Gasteiger partial charge in [-0.15, -0.1) is 0 Å². The molecule has 1 saturated carbocycles. The Morgan fingerprint density at radius 1 is 1.50 bits per heavy atom. The van der Waals surface area contributed by atoms with Crippen molar-refractivity contribution in [2.24, 2.45) is 5.92 Å². The molecule has 0 aromatic rings. The molecule has 1 nitrogen and oxygen atoms in total. The van der Waals surface area contributed by atoms with E-state index in [0.29, 0.717) is 0 Å². The van der Waals surface area contributed by atoms with E-state index < -0.39 is 0 Å². The second kappa shape index (κ2) is 4.98. The molecule has 1 atom stereocenters. The number of unbranched alkanes of at least 4 members (excludes halogenated alkanes) is 2. The summed E-state index contributed by atoms with van der Waals surface area (Å²) in [5.74, 6) is 0.885. The van der Waals surface area contributed by atoms with Crippen LogP contribution in [0.5, 0.6) is 0 Å².